The van der Waals surface area contributed by atoms with Crippen LogP contribution in [0.3, 0.4) is 0 Å². The van der Waals surface area contributed by atoms with Gasteiger partial charge in [-0.2, -0.15) is 0 Å². The standard InChI is InChI=1S/C18H21NO3/c1-19-8-7-18-11-4-5-13(20)17(18)22-16-14(21-2)6-3-10(15(16)18)9-12(11)19/h3-6,11-13,17,20H,7-9H2,1-2H3/t11-,12+,13?,17?,18-/m0/s1/i2D3,12D,20D. The maximum atomic E-state index is 9.25. The number of likely N-dealkylation sites (N-methyl/N-ethyl adjacent to an activating group) is 1. The van der Waals surface area contributed by atoms with E-state index in [0.29, 0.717) is 12.2 Å². The van der Waals surface area contributed by atoms with Crippen LogP contribution in [0.4, 0.5) is 0 Å². The first-order valence-corrected chi connectivity index (χ1v) is 7.74. The molecule has 2 heterocycles. The van der Waals surface area contributed by atoms with Gasteiger partial charge in [-0.1, -0.05) is 18.2 Å². The lowest BCUT2D eigenvalue weighted by molar-refractivity contribution is -0.0453. The summed E-state index contributed by atoms with van der Waals surface area (Å²) >= 11 is 0. The lowest BCUT2D eigenvalue weighted by atomic mass is 9.53. The number of methoxy groups -OCH3 is 1. The molecule has 4 heteroatoms. The van der Waals surface area contributed by atoms with Crippen molar-refractivity contribution in [1.82, 2.24) is 4.90 Å². The van der Waals surface area contributed by atoms with E-state index in [0.717, 1.165) is 24.1 Å². The third-order valence-electron chi connectivity index (χ3n) is 5.96. The van der Waals surface area contributed by atoms with E-state index in [-0.39, 0.29) is 11.7 Å². The second-order valence-electron chi connectivity index (χ2n) is 6.77. The van der Waals surface area contributed by atoms with Gasteiger partial charge in [0.1, 0.15) is 12.2 Å². The summed E-state index contributed by atoms with van der Waals surface area (Å²) in [6, 6.07) is 2.67. The maximum Gasteiger partial charge on any atom is 0.211 e. The van der Waals surface area contributed by atoms with Gasteiger partial charge in [0, 0.05) is 24.3 Å². The van der Waals surface area contributed by atoms with Gasteiger partial charge in [-0.3, -0.25) is 0 Å². The molecule has 2 aliphatic heterocycles. The minimum Gasteiger partial charge on any atom is -0.493 e. The third-order valence-corrected chi connectivity index (χ3v) is 5.96. The SMILES string of the molecule is [2H]OC1C=C[C@@H]2[C@@]34CCN(C)[C@]2([2H])Cc2ccc(OC([2H])([2H])[2H])c(c23)OC14. The molecular weight excluding hydrogens is 278 g/mol. The molecule has 5 atom stereocenters. The normalized spacial score (nSPS) is 48.2. The minimum absolute atomic E-state index is 0.128. The number of aliphatic hydroxyl groups excluding tert-OH is 1. The van der Waals surface area contributed by atoms with Crippen LogP contribution >= 0.6 is 0 Å². The van der Waals surface area contributed by atoms with Crippen molar-refractivity contribution in [3.63, 3.8) is 0 Å². The molecule has 1 N–H and O–H groups in total. The Bertz CT molecular complexity index is 843. The predicted molar refractivity (Wildman–Crippen MR) is 82.5 cm³/mol. The molecule has 1 saturated heterocycles. The lowest BCUT2D eigenvalue weighted by Gasteiger charge is -2.56. The molecule has 2 bridgehead atoms. The van der Waals surface area contributed by atoms with Crippen LogP contribution in [0.5, 0.6) is 11.5 Å². The molecule has 1 aromatic carbocycles. The van der Waals surface area contributed by atoms with Crippen molar-refractivity contribution >= 4 is 0 Å². The molecule has 1 spiro atoms. The van der Waals surface area contributed by atoms with Crippen LogP contribution in [0.2, 0.25) is 0 Å². The van der Waals surface area contributed by atoms with E-state index >= 15 is 0 Å². The number of benzene rings is 1. The van der Waals surface area contributed by atoms with E-state index in [2.05, 4.69) is 4.90 Å². The molecule has 4 nitrogen and oxygen atoms in total. The van der Waals surface area contributed by atoms with E-state index in [1.165, 1.54) is 0 Å². The molecule has 0 radical (unpaired) electrons. The fourth-order valence-electron chi connectivity index (χ4n) is 5.02. The highest BCUT2D eigenvalue weighted by atomic mass is 16.5. The zero-order chi connectivity index (χ0) is 19.2. The first-order valence-electron chi connectivity index (χ1n) is 10.1. The summed E-state index contributed by atoms with van der Waals surface area (Å²) in [7, 11) is -0.604. The van der Waals surface area contributed by atoms with Gasteiger partial charge >= 0.3 is 0 Å². The summed E-state index contributed by atoms with van der Waals surface area (Å²) in [6.45, 7) is 0.724. The summed E-state index contributed by atoms with van der Waals surface area (Å²) in [6.07, 6.45) is 4.04. The Morgan fingerprint density at radius 2 is 2.50 bits per heavy atom. The molecule has 0 amide bonds. The number of hydrogen-bond donors (Lipinski definition) is 1. The Hall–Kier alpha value is -1.52. The zero-order valence-corrected chi connectivity index (χ0v) is 12.3. The van der Waals surface area contributed by atoms with Gasteiger partial charge in [0.05, 0.1) is 11.2 Å². The average Bonchev–Trinajstić information content (AvgIpc) is 2.94. The van der Waals surface area contributed by atoms with E-state index in [4.69, 9.17) is 20.1 Å². The Balaban J connectivity index is 1.76. The van der Waals surface area contributed by atoms with Gasteiger partial charge in [0.15, 0.2) is 11.5 Å². The highest BCUT2D eigenvalue weighted by Gasteiger charge is 2.64. The molecular formula is C18H21NO3. The van der Waals surface area contributed by atoms with Crippen molar-refractivity contribution in [2.24, 2.45) is 5.92 Å². The van der Waals surface area contributed by atoms with Gasteiger partial charge in [-0.15, -0.1) is 0 Å². The Morgan fingerprint density at radius 3 is 3.36 bits per heavy atom. The first-order chi connectivity index (χ1) is 12.7. The Labute approximate surface area is 137 Å². The number of nitrogens with zero attached hydrogens (tertiary/aromatic N) is 1. The molecule has 0 saturated carbocycles. The van der Waals surface area contributed by atoms with Gasteiger partial charge < -0.3 is 19.5 Å². The Kier molecular flexibility index (Phi) is 1.65. The number of ether oxygens (including phenoxy) is 2. The highest BCUT2D eigenvalue weighted by molar-refractivity contribution is 5.62. The zero-order valence-electron chi connectivity index (χ0n) is 17.3. The fourth-order valence-corrected chi connectivity index (χ4v) is 5.02. The Morgan fingerprint density at radius 1 is 1.55 bits per heavy atom. The van der Waals surface area contributed by atoms with Gasteiger partial charge in [0.2, 0.25) is 1.43 Å². The molecule has 5 rings (SSSR count). The molecule has 4 aliphatic rings. The summed E-state index contributed by atoms with van der Waals surface area (Å²) in [5.41, 5.74) is 1.43. The summed E-state index contributed by atoms with van der Waals surface area (Å²) in [4.78, 5) is 2.08. The second-order valence-corrected chi connectivity index (χ2v) is 6.77. The predicted octanol–water partition coefficient (Wildman–Crippen LogP) is 1.50. The lowest BCUT2D eigenvalue weighted by Crippen LogP contribution is -2.64. The van der Waals surface area contributed by atoms with Gasteiger partial charge in [0.25, 0.3) is 0 Å². The van der Waals surface area contributed by atoms with Crippen LogP contribution in [0.1, 0.15) is 23.0 Å². The van der Waals surface area contributed by atoms with Crippen molar-refractivity contribution < 1.29 is 20.1 Å². The van der Waals surface area contributed by atoms with Crippen LogP contribution in [0.25, 0.3) is 0 Å². The first kappa shape index (κ1) is 8.94. The van der Waals surface area contributed by atoms with Gasteiger partial charge in [-0.05, 0) is 38.1 Å². The topological polar surface area (TPSA) is 41.9 Å². The summed E-state index contributed by atoms with van der Waals surface area (Å²) in [5.74, 6) is 0.504. The van der Waals surface area contributed by atoms with Crippen molar-refractivity contribution in [2.45, 2.75) is 36.5 Å². The van der Waals surface area contributed by atoms with E-state index in [1.54, 1.807) is 6.07 Å². The quantitative estimate of drug-likeness (QED) is 0.841. The third kappa shape index (κ3) is 1.28. The van der Waals surface area contributed by atoms with Crippen LogP contribution in [0, 0.1) is 5.92 Å². The van der Waals surface area contributed by atoms with E-state index in [9.17, 15) is 1.37 Å². The molecule has 2 aliphatic carbocycles. The monoisotopic (exact) mass is 304 g/mol. The van der Waals surface area contributed by atoms with Crippen LogP contribution in [-0.4, -0.2) is 50.3 Å². The van der Waals surface area contributed by atoms with Gasteiger partial charge in [-0.25, -0.2) is 0 Å². The largest absolute Gasteiger partial charge is 0.493 e. The number of likely N-dealkylation sites (tertiary alicyclic amines) is 1. The molecule has 22 heavy (non-hydrogen) atoms. The number of rotatable bonds is 2. The molecule has 1 aromatic rings. The molecule has 0 aromatic heterocycles. The summed E-state index contributed by atoms with van der Waals surface area (Å²) in [5, 5.41) is 4.95. The minimum atomic E-state index is -2.58. The average molecular weight is 304 g/mol. The van der Waals surface area contributed by atoms with Crippen molar-refractivity contribution in [3.05, 3.63) is 35.4 Å². The van der Waals surface area contributed by atoms with E-state index in [1.807, 2.05) is 25.3 Å². The van der Waals surface area contributed by atoms with Crippen molar-refractivity contribution in [1.29, 1.82) is 1.43 Å². The smallest absolute Gasteiger partial charge is 0.211 e. The molecule has 116 valence electrons. The second kappa shape index (κ2) is 4.06. The van der Waals surface area contributed by atoms with Crippen LogP contribution in [0.15, 0.2) is 24.3 Å². The molecule has 1 fully saturated rings. The summed E-state index contributed by atoms with van der Waals surface area (Å²) < 4.78 is 50.6. The van der Waals surface area contributed by atoms with Crippen molar-refractivity contribution in [3.8, 4) is 11.5 Å². The maximum absolute atomic E-state index is 9.25. The number of piperidine rings is 1. The number of hydrogen-bond acceptors (Lipinski definition) is 4. The number of aliphatic hydroxyl groups is 1. The highest BCUT2D eigenvalue weighted by Crippen LogP contribution is 2.62. The van der Waals surface area contributed by atoms with Crippen LogP contribution < -0.4 is 9.47 Å². The van der Waals surface area contributed by atoms with E-state index < -0.39 is 30.7 Å². The van der Waals surface area contributed by atoms with Crippen molar-refractivity contribution in [2.75, 3.05) is 20.6 Å². The molecule has 2 unspecified atom stereocenters. The fraction of sp³-hybridized carbons (Fsp3) is 0.556. The van der Waals surface area contributed by atoms with Crippen LogP contribution in [-0.2, 0) is 11.8 Å².